The van der Waals surface area contributed by atoms with Crippen LogP contribution in [0.2, 0.25) is 0 Å². The maximum Gasteiger partial charge on any atom is 0.494 e. The Bertz CT molecular complexity index is 6590. The summed E-state index contributed by atoms with van der Waals surface area (Å²) < 4.78 is 21.5. The van der Waals surface area contributed by atoms with Crippen LogP contribution in [0.25, 0.3) is 172 Å². The molecule has 0 amide bonds. The van der Waals surface area contributed by atoms with Gasteiger partial charge in [0.25, 0.3) is 0 Å². The summed E-state index contributed by atoms with van der Waals surface area (Å²) >= 11 is 7.12. The van der Waals surface area contributed by atoms with Gasteiger partial charge in [0.1, 0.15) is 0 Å². The Morgan fingerprint density at radius 3 is 0.767 bits per heavy atom. The monoisotopic (exact) mass is 1620 g/mol. The van der Waals surface area contributed by atoms with Crippen LogP contribution < -0.4 is 5.46 Å². The summed E-state index contributed by atoms with van der Waals surface area (Å²) in [4.78, 5) is 10.3. The van der Waals surface area contributed by atoms with Gasteiger partial charge in [-0.25, -0.2) is 9.97 Å². The zero-order valence-corrected chi connectivity index (χ0v) is 67.7. The van der Waals surface area contributed by atoms with Crippen molar-refractivity contribution in [1.82, 2.24) is 23.7 Å². The average Bonchev–Trinajstić information content (AvgIpc) is 1.60. The summed E-state index contributed by atoms with van der Waals surface area (Å²) in [6.45, 7) is 8.33. The van der Waals surface area contributed by atoms with Crippen molar-refractivity contribution in [1.29, 1.82) is 0 Å². The van der Waals surface area contributed by atoms with E-state index < -0.39 is 0 Å². The van der Waals surface area contributed by atoms with Crippen LogP contribution in [0.5, 0.6) is 0 Å². The van der Waals surface area contributed by atoms with Crippen molar-refractivity contribution in [3.63, 3.8) is 0 Å². The van der Waals surface area contributed by atoms with Crippen molar-refractivity contribution in [2.24, 2.45) is 0 Å². The molecule has 0 spiro atoms. The van der Waals surface area contributed by atoms with Crippen molar-refractivity contribution in [3.8, 4) is 107 Å². The van der Waals surface area contributed by atoms with Crippen LogP contribution in [0.3, 0.4) is 0 Å². The molecule has 15 aromatic carbocycles. The normalized spacial score (nSPS) is 13.0. The highest BCUT2D eigenvalue weighted by Crippen LogP contribution is 2.41. The third-order valence-corrected chi connectivity index (χ3v) is 23.7. The van der Waals surface area contributed by atoms with Crippen LogP contribution in [0.15, 0.2) is 409 Å². The van der Waals surface area contributed by atoms with E-state index in [1.54, 1.807) is 0 Å². The van der Waals surface area contributed by atoms with Crippen LogP contribution in [0, 0.1) is 0 Å². The predicted octanol–water partition coefficient (Wildman–Crippen LogP) is 28.3. The second kappa shape index (κ2) is 31.0. The highest BCUT2D eigenvalue weighted by molar-refractivity contribution is 9.10. The van der Waals surface area contributed by atoms with E-state index >= 15 is 0 Å². The Morgan fingerprint density at radius 2 is 0.466 bits per heavy atom. The number of benzene rings is 15. The fourth-order valence-electron chi connectivity index (χ4n) is 16.2. The number of pyridine rings is 2. The van der Waals surface area contributed by atoms with Gasteiger partial charge in [-0.1, -0.05) is 299 Å². The molecule has 0 N–H and O–H groups in total. The lowest BCUT2D eigenvalue weighted by Gasteiger charge is -2.32. The van der Waals surface area contributed by atoms with Crippen LogP contribution in [0.4, 0.5) is 0 Å². The van der Waals surface area contributed by atoms with Crippen LogP contribution in [0.1, 0.15) is 27.7 Å². The van der Waals surface area contributed by atoms with Gasteiger partial charge in [0.15, 0.2) is 0 Å². The Kier molecular flexibility index (Phi) is 19.6. The van der Waals surface area contributed by atoms with Crippen molar-refractivity contribution in [2.75, 3.05) is 0 Å². The standard InChI is InChI=1S/C59H39N3.C24H24BNO2.C23H15Br2N/c1-2-14-40(15-3-1)47-38-54(45-18-12-16-43(36-45)41-28-32-48(33-29-41)61-56-24-8-4-20-50(56)51-21-5-9-25-57(51)61)60-55(39-47)46-19-13-17-44(37-46)42-30-34-49(35-31-42)62-58-26-10-6-22-52(58)53-23-7-11-27-59(53)62;1-23(2)24(3,4)28-25(27-23)17-13-15-18(16-14-17)26-21-11-7-5-9-19(21)20-10-6-8-12-22(20)26;24-20-10-4-8-17(12-20)22-14-19(16-6-2-1-3-7-16)15-23(26-22)18-9-5-11-21(25)13-18/h1-39H;5-16H,1-4H3;1-15H. The second-order valence-electron chi connectivity index (χ2n) is 30.5. The molecule has 0 aliphatic carbocycles. The Balaban J connectivity index is 0.000000137. The van der Waals surface area contributed by atoms with Gasteiger partial charge in [-0.15, -0.1) is 0 Å². The van der Waals surface area contributed by atoms with Gasteiger partial charge < -0.3 is 23.0 Å². The summed E-state index contributed by atoms with van der Waals surface area (Å²) in [5.41, 5.74) is 28.5. The van der Waals surface area contributed by atoms with Gasteiger partial charge in [0.2, 0.25) is 0 Å². The molecular formula is C106H78BBr2N5O2. The van der Waals surface area contributed by atoms with Gasteiger partial charge in [-0.3, -0.25) is 0 Å². The number of fused-ring (bicyclic) bond motifs is 9. The SMILES string of the molecule is Brc1cccc(-c2cc(-c3ccccc3)cc(-c3cccc(Br)c3)n2)c1.CC1(C)OB(c2ccc(-n3c4ccccc4c4ccccc43)cc2)OC1(C)C.c1ccc(-c2cc(-c3cccc(-c4ccc(-n5c6ccccc6c6ccccc65)cc4)c3)nc(-c3cccc(-c4ccc(-n5c6ccccc6c6ccccc65)cc4)c3)c2)cc1. The third kappa shape index (κ3) is 14.3. The molecule has 556 valence electrons. The van der Waals surface area contributed by atoms with Crippen molar-refractivity contribution < 1.29 is 9.31 Å². The minimum atomic E-state index is -0.336. The van der Waals surface area contributed by atoms with Crippen molar-refractivity contribution in [2.45, 2.75) is 38.9 Å². The fourth-order valence-corrected chi connectivity index (χ4v) is 17.0. The zero-order valence-electron chi connectivity index (χ0n) is 64.5. The number of hydrogen-bond acceptors (Lipinski definition) is 4. The molecule has 0 bridgehead atoms. The molecule has 1 aliphatic heterocycles. The first-order valence-corrected chi connectivity index (χ1v) is 40.9. The smallest absolute Gasteiger partial charge is 0.399 e. The molecule has 20 aromatic rings. The number of halogens is 2. The molecule has 0 atom stereocenters. The molecule has 0 radical (unpaired) electrons. The highest BCUT2D eigenvalue weighted by atomic mass is 79.9. The predicted molar refractivity (Wildman–Crippen MR) is 493 cm³/mol. The molecule has 0 unspecified atom stereocenters. The topological polar surface area (TPSA) is 59.0 Å². The van der Waals surface area contributed by atoms with E-state index in [4.69, 9.17) is 19.3 Å². The minimum absolute atomic E-state index is 0.330. The largest absolute Gasteiger partial charge is 0.494 e. The lowest BCUT2D eigenvalue weighted by Crippen LogP contribution is -2.41. The van der Waals surface area contributed by atoms with Gasteiger partial charge in [0, 0.05) is 80.6 Å². The summed E-state index contributed by atoms with van der Waals surface area (Å²) in [7, 11) is -0.336. The Labute approximate surface area is 692 Å². The van der Waals surface area contributed by atoms with Gasteiger partial charge in [-0.05, 0) is 211 Å². The highest BCUT2D eigenvalue weighted by Gasteiger charge is 2.51. The van der Waals surface area contributed by atoms with Crippen molar-refractivity contribution in [3.05, 3.63) is 409 Å². The molecule has 1 saturated heterocycles. The Hall–Kier alpha value is -13.1. The molecule has 5 aromatic heterocycles. The lowest BCUT2D eigenvalue weighted by atomic mass is 9.79. The second-order valence-corrected chi connectivity index (χ2v) is 32.4. The molecule has 0 saturated carbocycles. The first kappa shape index (κ1) is 73.1. The van der Waals surface area contributed by atoms with E-state index in [-0.39, 0.29) is 18.3 Å². The van der Waals surface area contributed by atoms with Crippen molar-refractivity contribution >= 4 is 110 Å². The van der Waals surface area contributed by atoms with E-state index in [0.29, 0.717) is 0 Å². The van der Waals surface area contributed by atoms with Gasteiger partial charge in [-0.2, -0.15) is 0 Å². The maximum atomic E-state index is 6.19. The number of hydrogen-bond donors (Lipinski definition) is 0. The van der Waals surface area contributed by atoms with E-state index in [1.165, 1.54) is 71.0 Å². The van der Waals surface area contributed by atoms with Crippen LogP contribution >= 0.6 is 31.9 Å². The van der Waals surface area contributed by atoms with E-state index in [2.05, 4.69) is 443 Å². The first-order valence-electron chi connectivity index (χ1n) is 39.3. The number of para-hydroxylation sites is 6. The minimum Gasteiger partial charge on any atom is -0.399 e. The number of aromatic nitrogens is 5. The summed E-state index contributed by atoms with van der Waals surface area (Å²) in [6, 6.07) is 142. The maximum absolute atomic E-state index is 6.19. The van der Waals surface area contributed by atoms with E-state index in [9.17, 15) is 0 Å². The first-order chi connectivity index (χ1) is 56.8. The Morgan fingerprint density at radius 1 is 0.224 bits per heavy atom. The number of nitrogens with zero attached hydrogens (tertiary/aromatic N) is 5. The fraction of sp³-hybridized carbons (Fsp3) is 0.0566. The molecule has 6 heterocycles. The molecule has 116 heavy (non-hydrogen) atoms. The molecule has 10 heteroatoms. The van der Waals surface area contributed by atoms with E-state index in [0.717, 1.165) is 115 Å². The van der Waals surface area contributed by atoms with Crippen LogP contribution in [-0.4, -0.2) is 42.0 Å². The lowest BCUT2D eigenvalue weighted by molar-refractivity contribution is 0.00578. The zero-order chi connectivity index (χ0) is 78.4. The summed E-state index contributed by atoms with van der Waals surface area (Å²) in [5.74, 6) is 0. The van der Waals surface area contributed by atoms with Gasteiger partial charge >= 0.3 is 7.12 Å². The average molecular weight is 1620 g/mol. The molecular weight excluding hydrogens is 1550 g/mol. The van der Waals surface area contributed by atoms with Gasteiger partial charge in [0.05, 0.1) is 67.1 Å². The molecule has 1 aliphatic rings. The summed E-state index contributed by atoms with van der Waals surface area (Å²) in [6.07, 6.45) is 0. The molecule has 21 rings (SSSR count). The molecule has 7 nitrogen and oxygen atoms in total. The van der Waals surface area contributed by atoms with E-state index in [1.807, 2.05) is 30.3 Å². The number of rotatable bonds is 12. The molecule has 1 fully saturated rings. The third-order valence-electron chi connectivity index (χ3n) is 22.8. The van der Waals surface area contributed by atoms with Crippen LogP contribution in [-0.2, 0) is 9.31 Å². The summed E-state index contributed by atoms with van der Waals surface area (Å²) in [5, 5.41) is 7.60. The quantitative estimate of drug-likeness (QED) is 0.114.